The Kier molecular flexibility index (Phi) is 5.71. The predicted molar refractivity (Wildman–Crippen MR) is 55.6 cm³/mol. The molecule has 0 rings (SSSR count). The molecule has 3 heteroatoms. The molecule has 1 N–H and O–H groups in total. The Labute approximate surface area is 81.5 Å². The van der Waals surface area contributed by atoms with Crippen molar-refractivity contribution in [3.05, 3.63) is 0 Å². The Morgan fingerprint density at radius 3 is 2.31 bits per heavy atom. The van der Waals surface area contributed by atoms with Crippen molar-refractivity contribution in [2.75, 3.05) is 20.6 Å². The van der Waals surface area contributed by atoms with Crippen LogP contribution in [0.1, 0.15) is 27.2 Å². The largest absolute Gasteiger partial charge is 0.352 e. The molecule has 0 aromatic rings. The van der Waals surface area contributed by atoms with Crippen LogP contribution < -0.4 is 5.32 Å². The van der Waals surface area contributed by atoms with Crippen molar-refractivity contribution >= 4 is 5.91 Å². The summed E-state index contributed by atoms with van der Waals surface area (Å²) in [6.07, 6.45) is 1.10. The molecule has 0 aliphatic rings. The van der Waals surface area contributed by atoms with Gasteiger partial charge in [0, 0.05) is 19.5 Å². The minimum Gasteiger partial charge on any atom is -0.352 e. The van der Waals surface area contributed by atoms with Crippen LogP contribution in [0, 0.1) is 5.92 Å². The average molecular weight is 186 g/mol. The lowest BCUT2D eigenvalue weighted by molar-refractivity contribution is -0.120. The number of hydrogen-bond acceptors (Lipinski definition) is 2. The molecule has 0 saturated carbocycles. The van der Waals surface area contributed by atoms with Crippen molar-refractivity contribution < 1.29 is 4.79 Å². The highest BCUT2D eigenvalue weighted by Crippen LogP contribution is 2.08. The Morgan fingerprint density at radius 1 is 1.46 bits per heavy atom. The highest BCUT2D eigenvalue weighted by Gasteiger charge is 2.16. The van der Waals surface area contributed by atoms with E-state index in [2.05, 4.69) is 24.1 Å². The molecule has 0 aliphatic heterocycles. The standard InChI is InChI=1S/C10H22N2O/c1-6-8(2)10(7-12(4)5)11-9(3)13/h8,10H,6-7H2,1-5H3,(H,11,13)/t8-,10?/m0/s1. The number of rotatable bonds is 5. The van der Waals surface area contributed by atoms with Gasteiger partial charge in [0.1, 0.15) is 0 Å². The molecule has 0 aliphatic carbocycles. The molecule has 0 radical (unpaired) electrons. The van der Waals surface area contributed by atoms with E-state index in [9.17, 15) is 4.79 Å². The van der Waals surface area contributed by atoms with Gasteiger partial charge in [-0.25, -0.2) is 0 Å². The van der Waals surface area contributed by atoms with Gasteiger partial charge < -0.3 is 10.2 Å². The SMILES string of the molecule is CC[C@H](C)C(CN(C)C)NC(C)=O. The molecule has 0 spiro atoms. The third-order valence-corrected chi connectivity index (χ3v) is 2.28. The van der Waals surface area contributed by atoms with Crippen LogP contribution in [-0.2, 0) is 4.79 Å². The van der Waals surface area contributed by atoms with Gasteiger partial charge >= 0.3 is 0 Å². The highest BCUT2D eigenvalue weighted by atomic mass is 16.1. The first-order valence-electron chi connectivity index (χ1n) is 4.89. The zero-order chi connectivity index (χ0) is 10.4. The number of nitrogens with zero attached hydrogens (tertiary/aromatic N) is 1. The van der Waals surface area contributed by atoms with Gasteiger partial charge in [0.15, 0.2) is 0 Å². The van der Waals surface area contributed by atoms with Crippen LogP contribution in [0.5, 0.6) is 0 Å². The summed E-state index contributed by atoms with van der Waals surface area (Å²) in [6.45, 7) is 6.80. The van der Waals surface area contributed by atoms with Gasteiger partial charge in [-0.1, -0.05) is 20.3 Å². The van der Waals surface area contributed by atoms with E-state index in [4.69, 9.17) is 0 Å². The van der Waals surface area contributed by atoms with Crippen LogP contribution in [-0.4, -0.2) is 37.5 Å². The van der Waals surface area contributed by atoms with Gasteiger partial charge in [-0.05, 0) is 20.0 Å². The van der Waals surface area contributed by atoms with E-state index in [1.807, 2.05) is 14.1 Å². The van der Waals surface area contributed by atoms with Crippen molar-refractivity contribution in [3.8, 4) is 0 Å². The molecule has 1 amide bonds. The summed E-state index contributed by atoms with van der Waals surface area (Å²) in [4.78, 5) is 13.0. The van der Waals surface area contributed by atoms with Crippen LogP contribution in [0.15, 0.2) is 0 Å². The Hall–Kier alpha value is -0.570. The topological polar surface area (TPSA) is 32.3 Å². The van der Waals surface area contributed by atoms with Gasteiger partial charge in [-0.2, -0.15) is 0 Å². The number of amides is 1. The summed E-state index contributed by atoms with van der Waals surface area (Å²) in [6, 6.07) is 0.275. The van der Waals surface area contributed by atoms with Crippen LogP contribution in [0.25, 0.3) is 0 Å². The smallest absolute Gasteiger partial charge is 0.217 e. The van der Waals surface area contributed by atoms with Crippen LogP contribution in [0.2, 0.25) is 0 Å². The van der Waals surface area contributed by atoms with E-state index in [1.165, 1.54) is 0 Å². The lowest BCUT2D eigenvalue weighted by Gasteiger charge is -2.26. The Morgan fingerprint density at radius 2 is 2.00 bits per heavy atom. The van der Waals surface area contributed by atoms with E-state index in [1.54, 1.807) is 6.92 Å². The summed E-state index contributed by atoms with van der Waals surface area (Å²) in [5.74, 6) is 0.596. The monoisotopic (exact) mass is 186 g/mol. The molecule has 1 unspecified atom stereocenters. The Bertz CT molecular complexity index is 157. The third kappa shape index (κ3) is 5.64. The van der Waals surface area contributed by atoms with E-state index in [0.29, 0.717) is 5.92 Å². The summed E-state index contributed by atoms with van der Waals surface area (Å²) in [5.41, 5.74) is 0. The molecule has 0 fully saturated rings. The van der Waals surface area contributed by atoms with Crippen LogP contribution in [0.4, 0.5) is 0 Å². The fourth-order valence-corrected chi connectivity index (χ4v) is 1.31. The van der Waals surface area contributed by atoms with E-state index < -0.39 is 0 Å². The molecular formula is C10H22N2O. The average Bonchev–Trinajstić information content (AvgIpc) is 2.00. The van der Waals surface area contributed by atoms with Gasteiger partial charge in [0.2, 0.25) is 5.91 Å². The molecular weight excluding hydrogens is 164 g/mol. The van der Waals surface area contributed by atoms with Gasteiger partial charge in [-0.15, -0.1) is 0 Å². The molecule has 3 nitrogen and oxygen atoms in total. The van der Waals surface area contributed by atoms with Crippen molar-refractivity contribution in [1.29, 1.82) is 0 Å². The summed E-state index contributed by atoms with van der Waals surface area (Å²) >= 11 is 0. The molecule has 0 bridgehead atoms. The lowest BCUT2D eigenvalue weighted by Crippen LogP contribution is -2.44. The summed E-state index contributed by atoms with van der Waals surface area (Å²) < 4.78 is 0. The number of carbonyl (C=O) groups excluding carboxylic acids is 1. The van der Waals surface area contributed by atoms with Crippen molar-refractivity contribution in [2.24, 2.45) is 5.92 Å². The second kappa shape index (κ2) is 5.97. The fraction of sp³-hybridized carbons (Fsp3) is 0.900. The van der Waals surface area contributed by atoms with Crippen molar-refractivity contribution in [2.45, 2.75) is 33.2 Å². The first-order valence-corrected chi connectivity index (χ1v) is 4.89. The predicted octanol–water partition coefficient (Wildman–Crippen LogP) is 1.10. The molecule has 0 saturated heterocycles. The van der Waals surface area contributed by atoms with E-state index >= 15 is 0 Å². The highest BCUT2D eigenvalue weighted by molar-refractivity contribution is 5.73. The summed E-state index contributed by atoms with van der Waals surface area (Å²) in [7, 11) is 4.05. The zero-order valence-electron chi connectivity index (χ0n) is 9.42. The van der Waals surface area contributed by atoms with Gasteiger partial charge in [-0.3, -0.25) is 4.79 Å². The van der Waals surface area contributed by atoms with Crippen molar-refractivity contribution in [3.63, 3.8) is 0 Å². The fourth-order valence-electron chi connectivity index (χ4n) is 1.31. The number of carbonyl (C=O) groups is 1. The first-order chi connectivity index (χ1) is 5.97. The quantitative estimate of drug-likeness (QED) is 0.697. The maximum Gasteiger partial charge on any atom is 0.217 e. The molecule has 2 atom stereocenters. The second-order valence-electron chi connectivity index (χ2n) is 3.95. The van der Waals surface area contributed by atoms with Crippen molar-refractivity contribution in [1.82, 2.24) is 10.2 Å². The Balaban J connectivity index is 4.10. The number of nitrogens with one attached hydrogen (secondary N) is 1. The third-order valence-electron chi connectivity index (χ3n) is 2.28. The maximum absolute atomic E-state index is 10.9. The molecule has 0 heterocycles. The normalized spacial score (nSPS) is 15.5. The van der Waals surface area contributed by atoms with E-state index in [-0.39, 0.29) is 11.9 Å². The summed E-state index contributed by atoms with van der Waals surface area (Å²) in [5, 5.41) is 2.98. The minimum absolute atomic E-state index is 0.0622. The van der Waals surface area contributed by atoms with Gasteiger partial charge in [0.25, 0.3) is 0 Å². The second-order valence-corrected chi connectivity index (χ2v) is 3.95. The molecule has 0 aromatic heterocycles. The molecule has 0 aromatic carbocycles. The lowest BCUT2D eigenvalue weighted by atomic mass is 9.99. The van der Waals surface area contributed by atoms with E-state index in [0.717, 1.165) is 13.0 Å². The molecule has 78 valence electrons. The van der Waals surface area contributed by atoms with Crippen LogP contribution >= 0.6 is 0 Å². The number of likely N-dealkylation sites (N-methyl/N-ethyl adjacent to an activating group) is 1. The maximum atomic E-state index is 10.9. The zero-order valence-corrected chi connectivity index (χ0v) is 9.42. The van der Waals surface area contributed by atoms with Gasteiger partial charge in [0.05, 0.1) is 0 Å². The molecule has 13 heavy (non-hydrogen) atoms. The van der Waals surface area contributed by atoms with Crippen LogP contribution in [0.3, 0.4) is 0 Å². The number of hydrogen-bond donors (Lipinski definition) is 1. The minimum atomic E-state index is 0.0622. The first kappa shape index (κ1) is 12.4.